The summed E-state index contributed by atoms with van der Waals surface area (Å²) in [4.78, 5) is 5.11. The van der Waals surface area contributed by atoms with Crippen molar-refractivity contribution in [3.05, 3.63) is 188 Å². The predicted octanol–water partition coefficient (Wildman–Crippen LogP) is 14.1. The lowest BCUT2D eigenvalue weighted by molar-refractivity contribution is 1.08. The zero-order chi connectivity index (χ0) is 36.0. The summed E-state index contributed by atoms with van der Waals surface area (Å²) in [5.41, 5.74) is 10.7. The zero-order valence-electron chi connectivity index (χ0n) is 29.6. The third-order valence-corrected chi connectivity index (χ3v) is 12.6. The number of hydrogen-bond acceptors (Lipinski definition) is 2. The summed E-state index contributed by atoms with van der Waals surface area (Å²) < 4.78 is 7.49. The lowest BCUT2D eigenvalue weighted by atomic mass is 9.98. The van der Waals surface area contributed by atoms with E-state index in [2.05, 4.69) is 191 Å². The van der Waals surface area contributed by atoms with Crippen LogP contribution in [0.3, 0.4) is 0 Å². The molecule has 0 spiro atoms. The average Bonchev–Trinajstić information content (AvgIpc) is 3.93. The van der Waals surface area contributed by atoms with Gasteiger partial charge in [0, 0.05) is 64.4 Å². The number of hydrogen-bond donors (Lipinski definition) is 0. The number of fused-ring (bicyclic) bond motifs is 13. The topological polar surface area (TPSA) is 22.8 Å². The highest BCUT2D eigenvalue weighted by atomic mass is 32.1. The molecule has 0 unspecified atom stereocenters. The second-order valence-corrected chi connectivity index (χ2v) is 15.3. The maximum Gasteiger partial charge on any atom is 0.138 e. The highest BCUT2D eigenvalue weighted by Crippen LogP contribution is 2.47. The summed E-state index contributed by atoms with van der Waals surface area (Å²) in [6.45, 7) is 0. The molecule has 0 amide bonds. The normalized spacial score (nSPS) is 12.0. The van der Waals surface area contributed by atoms with E-state index >= 15 is 0 Å². The van der Waals surface area contributed by atoms with Gasteiger partial charge in [0.25, 0.3) is 0 Å². The van der Waals surface area contributed by atoms with Gasteiger partial charge in [0.05, 0.1) is 22.1 Å². The number of aromatic nitrogens is 3. The Balaban J connectivity index is 1.12. The van der Waals surface area contributed by atoms with Gasteiger partial charge >= 0.3 is 0 Å². The molecule has 4 heteroatoms. The summed E-state index contributed by atoms with van der Waals surface area (Å²) >= 11 is 1.88. The van der Waals surface area contributed by atoms with Crippen molar-refractivity contribution in [3.8, 4) is 33.8 Å². The number of benzene rings is 8. The van der Waals surface area contributed by atoms with Crippen molar-refractivity contribution in [1.82, 2.24) is 14.1 Å². The molecule has 0 saturated heterocycles. The van der Waals surface area contributed by atoms with Gasteiger partial charge in [0.15, 0.2) is 0 Å². The summed E-state index contributed by atoms with van der Waals surface area (Å²) in [5, 5.41) is 10.0. The highest BCUT2D eigenvalue weighted by molar-refractivity contribution is 7.26. The van der Waals surface area contributed by atoms with Crippen molar-refractivity contribution in [2.75, 3.05) is 0 Å². The number of thiophene rings is 1. The number of nitrogens with zero attached hydrogens (tertiary/aromatic N) is 3. The van der Waals surface area contributed by atoms with Crippen LogP contribution in [0.15, 0.2) is 188 Å². The molecule has 0 aliphatic carbocycles. The van der Waals surface area contributed by atoms with Crippen molar-refractivity contribution in [3.63, 3.8) is 0 Å². The fraction of sp³-hybridized carbons (Fsp3) is 0. The first-order valence-corrected chi connectivity index (χ1v) is 19.5. The van der Waals surface area contributed by atoms with Crippen LogP contribution < -0.4 is 0 Å². The summed E-state index contributed by atoms with van der Waals surface area (Å²) in [7, 11) is 0. The van der Waals surface area contributed by atoms with Gasteiger partial charge in [0.1, 0.15) is 5.82 Å². The first-order valence-electron chi connectivity index (χ1n) is 18.7. The molecule has 0 N–H and O–H groups in total. The Hall–Kier alpha value is -7.01. The molecule has 4 aromatic heterocycles. The van der Waals surface area contributed by atoms with Crippen LogP contribution >= 0.6 is 11.3 Å². The Kier molecular flexibility index (Phi) is 6.50. The number of rotatable bonds is 4. The van der Waals surface area contributed by atoms with E-state index in [-0.39, 0.29) is 0 Å². The van der Waals surface area contributed by atoms with Gasteiger partial charge in [-0.2, -0.15) is 0 Å². The SMILES string of the molecule is c1ccc(-n2c3ccccc3c3c4c5ccccc5n(-c5cc(-c6cccc(-c7cccc8c7sc7ccccc78)c6)ccn5)c4c4ccccc4c32)cc1. The Morgan fingerprint density at radius 2 is 0.964 bits per heavy atom. The van der Waals surface area contributed by atoms with Crippen LogP contribution in [0.5, 0.6) is 0 Å². The Morgan fingerprint density at radius 1 is 0.400 bits per heavy atom. The van der Waals surface area contributed by atoms with Crippen LogP contribution in [0.4, 0.5) is 0 Å². The molecule has 12 aromatic rings. The van der Waals surface area contributed by atoms with Crippen molar-refractivity contribution in [2.24, 2.45) is 0 Å². The molecule has 12 rings (SSSR count). The molecule has 0 atom stereocenters. The van der Waals surface area contributed by atoms with Crippen molar-refractivity contribution >= 4 is 85.9 Å². The average molecular weight is 718 g/mol. The molecule has 0 saturated carbocycles. The predicted molar refractivity (Wildman–Crippen MR) is 234 cm³/mol. The Morgan fingerprint density at radius 3 is 1.73 bits per heavy atom. The third kappa shape index (κ3) is 4.40. The lowest BCUT2D eigenvalue weighted by Gasteiger charge is -2.13. The molecule has 55 heavy (non-hydrogen) atoms. The molecule has 4 heterocycles. The van der Waals surface area contributed by atoms with Crippen LogP contribution in [0.1, 0.15) is 0 Å². The largest absolute Gasteiger partial charge is 0.309 e. The van der Waals surface area contributed by atoms with E-state index in [0.29, 0.717) is 0 Å². The molecule has 3 nitrogen and oxygen atoms in total. The molecule has 0 bridgehead atoms. The van der Waals surface area contributed by atoms with Crippen LogP contribution in [-0.4, -0.2) is 14.1 Å². The Labute approximate surface area is 320 Å². The summed E-state index contributed by atoms with van der Waals surface area (Å²) in [5.74, 6) is 0.900. The van der Waals surface area contributed by atoms with Gasteiger partial charge in [-0.25, -0.2) is 4.98 Å². The molecule has 256 valence electrons. The van der Waals surface area contributed by atoms with E-state index in [1.165, 1.54) is 85.7 Å². The molecular weight excluding hydrogens is 687 g/mol. The smallest absolute Gasteiger partial charge is 0.138 e. The maximum absolute atomic E-state index is 5.11. The van der Waals surface area contributed by atoms with Gasteiger partial charge < -0.3 is 4.57 Å². The molecular formula is C51H31N3S. The van der Waals surface area contributed by atoms with Gasteiger partial charge in [0.2, 0.25) is 0 Å². The molecule has 0 aliphatic heterocycles. The fourth-order valence-electron chi connectivity index (χ4n) is 9.04. The van der Waals surface area contributed by atoms with E-state index in [4.69, 9.17) is 4.98 Å². The maximum atomic E-state index is 5.11. The van der Waals surface area contributed by atoms with Crippen LogP contribution in [0.2, 0.25) is 0 Å². The highest BCUT2D eigenvalue weighted by Gasteiger charge is 2.24. The fourth-order valence-corrected chi connectivity index (χ4v) is 10.3. The first kappa shape index (κ1) is 30.5. The van der Waals surface area contributed by atoms with Gasteiger partial charge in [-0.1, -0.05) is 133 Å². The number of para-hydroxylation sites is 3. The summed E-state index contributed by atoms with van der Waals surface area (Å²) in [6, 6.07) is 66.1. The molecule has 8 aromatic carbocycles. The lowest BCUT2D eigenvalue weighted by Crippen LogP contribution is -1.99. The third-order valence-electron chi connectivity index (χ3n) is 11.3. The second-order valence-electron chi connectivity index (χ2n) is 14.3. The number of pyridine rings is 1. The van der Waals surface area contributed by atoms with Gasteiger partial charge in [-0.3, -0.25) is 4.57 Å². The molecule has 0 radical (unpaired) electrons. The van der Waals surface area contributed by atoms with Crippen LogP contribution in [-0.2, 0) is 0 Å². The quantitative estimate of drug-likeness (QED) is 0.178. The summed E-state index contributed by atoms with van der Waals surface area (Å²) in [6.07, 6.45) is 1.96. The van der Waals surface area contributed by atoms with E-state index in [1.54, 1.807) is 0 Å². The van der Waals surface area contributed by atoms with E-state index in [9.17, 15) is 0 Å². The van der Waals surface area contributed by atoms with E-state index in [1.807, 2.05) is 17.5 Å². The molecule has 0 fully saturated rings. The molecule has 0 aliphatic rings. The second kappa shape index (κ2) is 11.7. The van der Waals surface area contributed by atoms with E-state index < -0.39 is 0 Å². The van der Waals surface area contributed by atoms with Crippen molar-refractivity contribution in [2.45, 2.75) is 0 Å². The van der Waals surface area contributed by atoms with Gasteiger partial charge in [-0.15, -0.1) is 11.3 Å². The van der Waals surface area contributed by atoms with Crippen LogP contribution in [0, 0.1) is 0 Å². The first-order chi connectivity index (χ1) is 27.3. The standard InChI is InChI=1S/C51H31N3S/c1-2-16-35(17-3-1)53-43-25-9-6-21-41(43)47-48-42-22-7-10-26-44(42)54(50(48)39-20-5-4-19-38(39)49(47)53)46-31-33(28-29-52-46)32-14-12-15-34(30-32)36-23-13-24-40-37-18-8-11-27-45(37)55-51(36)40/h1-31H. The minimum Gasteiger partial charge on any atom is -0.309 e. The minimum absolute atomic E-state index is 0.900. The van der Waals surface area contributed by atoms with E-state index in [0.717, 1.165) is 22.6 Å². The van der Waals surface area contributed by atoms with Crippen molar-refractivity contribution in [1.29, 1.82) is 0 Å². The van der Waals surface area contributed by atoms with Gasteiger partial charge in [-0.05, 0) is 70.8 Å². The zero-order valence-corrected chi connectivity index (χ0v) is 30.5. The van der Waals surface area contributed by atoms with Crippen molar-refractivity contribution < 1.29 is 0 Å². The Bertz CT molecular complexity index is 3490. The monoisotopic (exact) mass is 717 g/mol. The minimum atomic E-state index is 0.900. The van der Waals surface area contributed by atoms with Crippen LogP contribution in [0.25, 0.3) is 108 Å².